The van der Waals surface area contributed by atoms with Gasteiger partial charge in [0.2, 0.25) is 0 Å². The first-order valence-electron chi connectivity index (χ1n) is 3.43. The number of rotatable bonds is 7. The minimum Gasteiger partial charge on any atom is -0.395 e. The maximum Gasteiger partial charge on any atom is 0.0701 e. The van der Waals surface area contributed by atoms with Gasteiger partial charge < -0.3 is 19.7 Å². The quantitative estimate of drug-likeness (QED) is 0.367. The van der Waals surface area contributed by atoms with Crippen molar-refractivity contribution in [2.45, 2.75) is 5.73 Å². The third-order valence-corrected chi connectivity index (χ3v) is 1.05. The molecule has 1 atom stereocenters. The summed E-state index contributed by atoms with van der Waals surface area (Å²) >= 11 is 0. The molecule has 4 nitrogen and oxygen atoms in total. The Morgan fingerprint density at radius 1 is 1.18 bits per heavy atom. The summed E-state index contributed by atoms with van der Waals surface area (Å²) in [5.41, 5.74) is -0.618. The van der Waals surface area contributed by atoms with E-state index in [1.54, 1.807) is 0 Å². The number of aliphatic hydroxyl groups is 2. The van der Waals surface area contributed by atoms with E-state index in [1.165, 1.54) is 0 Å². The van der Waals surface area contributed by atoms with Gasteiger partial charge >= 0.3 is 0 Å². The summed E-state index contributed by atoms with van der Waals surface area (Å²) < 4.78 is 9.83. The minimum atomic E-state index is -0.618. The first kappa shape index (κ1) is 11.1. The van der Waals surface area contributed by atoms with Crippen LogP contribution in [0.25, 0.3) is 0 Å². The van der Waals surface area contributed by atoms with Crippen LogP contribution in [0.1, 0.15) is 0 Å². The van der Waals surface area contributed by atoms with Gasteiger partial charge in [0.05, 0.1) is 49.0 Å². The van der Waals surface area contributed by atoms with Crippen molar-refractivity contribution < 1.29 is 19.7 Å². The molecule has 0 bridgehead atoms. The lowest BCUT2D eigenvalue weighted by molar-refractivity contribution is 0.0153. The van der Waals surface area contributed by atoms with Gasteiger partial charge in [-0.3, -0.25) is 0 Å². The van der Waals surface area contributed by atoms with E-state index in [1.807, 2.05) is 0 Å². The van der Waals surface area contributed by atoms with Gasteiger partial charge in [0.1, 0.15) is 0 Å². The van der Waals surface area contributed by atoms with Crippen LogP contribution >= 0.6 is 0 Å². The van der Waals surface area contributed by atoms with E-state index in [-0.39, 0.29) is 13.2 Å². The summed E-state index contributed by atoms with van der Waals surface area (Å²) in [6.45, 7) is 1.49. The average Bonchev–Trinajstić information content (AvgIpc) is 1.96. The van der Waals surface area contributed by atoms with Crippen LogP contribution in [0, 0.1) is 0 Å². The fourth-order valence-electron chi connectivity index (χ4n) is 0.479. The molecule has 0 fully saturated rings. The van der Waals surface area contributed by atoms with Crippen molar-refractivity contribution in [3.05, 3.63) is 0 Å². The molecule has 65 valence electrons. The van der Waals surface area contributed by atoms with Crippen molar-refractivity contribution >= 4 is 10.2 Å². The predicted molar refractivity (Wildman–Crippen MR) is 40.5 cm³/mol. The molecule has 0 spiro atoms. The molecule has 5 heteroatoms. The van der Waals surface area contributed by atoms with Crippen LogP contribution in [-0.2, 0) is 9.47 Å². The van der Waals surface area contributed by atoms with Gasteiger partial charge in [-0.15, -0.1) is 0 Å². The van der Waals surface area contributed by atoms with E-state index < -0.39 is 5.73 Å². The molecule has 0 heterocycles. The molecule has 0 aromatic carbocycles. The second kappa shape index (κ2) is 8.16. The molecule has 0 aliphatic heterocycles. The van der Waals surface area contributed by atoms with E-state index in [0.29, 0.717) is 19.8 Å². The molecule has 0 aromatic rings. The lowest BCUT2D eigenvalue weighted by Gasteiger charge is -2.05. The third-order valence-electron chi connectivity index (χ3n) is 0.883. The van der Waals surface area contributed by atoms with Crippen LogP contribution in [0.5, 0.6) is 0 Å². The SMILES string of the molecule is OCCOCCOCC(O)[Si]. The molecule has 0 rings (SSSR count). The molecule has 0 amide bonds. The Bertz CT molecular complexity index is 79.0. The van der Waals surface area contributed by atoms with E-state index >= 15 is 0 Å². The lowest BCUT2D eigenvalue weighted by Crippen LogP contribution is -2.17. The normalized spacial score (nSPS) is 13.4. The predicted octanol–water partition coefficient (Wildman–Crippen LogP) is -1.50. The first-order valence-corrected chi connectivity index (χ1v) is 4.00. The molecule has 11 heavy (non-hydrogen) atoms. The zero-order valence-corrected chi connectivity index (χ0v) is 7.32. The Morgan fingerprint density at radius 3 is 2.36 bits per heavy atom. The second-order valence-electron chi connectivity index (χ2n) is 1.93. The number of ether oxygens (including phenoxy) is 2. The highest BCUT2D eigenvalue weighted by molar-refractivity contribution is 6.10. The van der Waals surface area contributed by atoms with Gasteiger partial charge in [0.15, 0.2) is 0 Å². The fourth-order valence-corrected chi connectivity index (χ4v) is 0.597. The summed E-state index contributed by atoms with van der Waals surface area (Å²) in [6.07, 6.45) is 0. The monoisotopic (exact) mass is 177 g/mol. The Balaban J connectivity index is 2.80. The number of hydrogen-bond donors (Lipinski definition) is 2. The van der Waals surface area contributed by atoms with Crippen LogP contribution in [-0.4, -0.2) is 59.2 Å². The van der Waals surface area contributed by atoms with E-state index in [0.717, 1.165) is 0 Å². The zero-order chi connectivity index (χ0) is 8.53. The summed E-state index contributed by atoms with van der Waals surface area (Å²) in [5.74, 6) is 0. The number of hydrogen-bond acceptors (Lipinski definition) is 4. The molecule has 0 saturated heterocycles. The molecule has 0 saturated carbocycles. The zero-order valence-electron chi connectivity index (χ0n) is 6.32. The Hall–Kier alpha value is 0.0569. The van der Waals surface area contributed by atoms with Gasteiger partial charge in [-0.2, -0.15) is 0 Å². The van der Waals surface area contributed by atoms with E-state index in [4.69, 9.17) is 19.7 Å². The van der Waals surface area contributed by atoms with Crippen LogP contribution < -0.4 is 0 Å². The molecule has 3 radical (unpaired) electrons. The average molecular weight is 177 g/mol. The lowest BCUT2D eigenvalue weighted by atomic mass is 10.7. The minimum absolute atomic E-state index is 0.0285. The van der Waals surface area contributed by atoms with Crippen molar-refractivity contribution in [3.63, 3.8) is 0 Å². The van der Waals surface area contributed by atoms with Crippen LogP contribution in [0.2, 0.25) is 0 Å². The maximum absolute atomic E-state index is 8.66. The highest BCUT2D eigenvalue weighted by Crippen LogP contribution is 1.80. The molecule has 0 aliphatic rings. The standard InChI is InChI=1S/C6H13O4Si/c7-1-2-9-3-4-10-5-6(8)11/h6-8H,1-5H2. The summed E-state index contributed by atoms with van der Waals surface area (Å²) in [4.78, 5) is 0. The van der Waals surface area contributed by atoms with E-state index in [2.05, 4.69) is 10.2 Å². The smallest absolute Gasteiger partial charge is 0.0701 e. The van der Waals surface area contributed by atoms with E-state index in [9.17, 15) is 0 Å². The van der Waals surface area contributed by atoms with Crippen LogP contribution in [0.15, 0.2) is 0 Å². The summed E-state index contributed by atoms with van der Waals surface area (Å²) in [7, 11) is 2.95. The van der Waals surface area contributed by atoms with Crippen molar-refractivity contribution in [1.29, 1.82) is 0 Å². The van der Waals surface area contributed by atoms with Gasteiger partial charge in [-0.05, 0) is 0 Å². The highest BCUT2D eigenvalue weighted by Gasteiger charge is 1.94. The highest BCUT2D eigenvalue weighted by atomic mass is 28.1. The first-order chi connectivity index (χ1) is 5.27. The Labute approximate surface area is 69.6 Å². The summed E-state index contributed by atoms with van der Waals surface area (Å²) in [6, 6.07) is 0. The molecule has 1 unspecified atom stereocenters. The van der Waals surface area contributed by atoms with Gasteiger partial charge in [0.25, 0.3) is 0 Å². The third kappa shape index (κ3) is 10.1. The second-order valence-corrected chi connectivity index (χ2v) is 2.59. The van der Waals surface area contributed by atoms with Crippen molar-refractivity contribution in [2.24, 2.45) is 0 Å². The maximum atomic E-state index is 8.66. The summed E-state index contributed by atoms with van der Waals surface area (Å²) in [5, 5.41) is 17.0. The molecule has 0 aliphatic carbocycles. The number of aliphatic hydroxyl groups excluding tert-OH is 2. The molecular formula is C6H13O4Si. The van der Waals surface area contributed by atoms with Gasteiger partial charge in [-0.1, -0.05) is 0 Å². The van der Waals surface area contributed by atoms with Crippen molar-refractivity contribution in [2.75, 3.05) is 33.0 Å². The Morgan fingerprint density at radius 2 is 1.82 bits per heavy atom. The molecular weight excluding hydrogens is 164 g/mol. The van der Waals surface area contributed by atoms with Gasteiger partial charge in [0, 0.05) is 0 Å². The van der Waals surface area contributed by atoms with Crippen molar-refractivity contribution in [1.82, 2.24) is 0 Å². The van der Waals surface area contributed by atoms with Gasteiger partial charge in [-0.25, -0.2) is 0 Å². The topological polar surface area (TPSA) is 58.9 Å². The fraction of sp³-hybridized carbons (Fsp3) is 1.00. The molecule has 2 N–H and O–H groups in total. The van der Waals surface area contributed by atoms with Crippen molar-refractivity contribution in [3.8, 4) is 0 Å². The van der Waals surface area contributed by atoms with Crippen LogP contribution in [0.4, 0.5) is 0 Å². The van der Waals surface area contributed by atoms with Crippen LogP contribution in [0.3, 0.4) is 0 Å². The molecule has 0 aromatic heterocycles. The largest absolute Gasteiger partial charge is 0.395 e. The Kier molecular flexibility index (Phi) is 8.20.